The Labute approximate surface area is 244 Å². The number of hydrogen-bond acceptors (Lipinski definition) is 0. The molecule has 0 radical (unpaired) electrons. The molecule has 0 heteroatoms. The Hall–Kier alpha value is -1.56. The van der Waals surface area contributed by atoms with Crippen LogP contribution < -0.4 is 0 Å². The van der Waals surface area contributed by atoms with Gasteiger partial charge in [-0.05, 0) is 77.0 Å². The van der Waals surface area contributed by atoms with Crippen LogP contribution in [-0.4, -0.2) is 0 Å². The average Bonchev–Trinajstić information content (AvgIpc) is 2.67. The summed E-state index contributed by atoms with van der Waals surface area (Å²) in [5.41, 5.74) is 12.0. The second kappa shape index (κ2) is 9.77. The van der Waals surface area contributed by atoms with Crippen molar-refractivity contribution >= 4 is 0 Å². The van der Waals surface area contributed by atoms with Crippen LogP contribution in [0.25, 0.3) is 0 Å². The lowest BCUT2D eigenvalue weighted by atomic mass is 9.60. The zero-order valence-electron chi connectivity index (χ0n) is 29.8. The molecule has 0 N–H and O–H groups in total. The lowest BCUT2D eigenvalue weighted by molar-refractivity contribution is 0.472. The van der Waals surface area contributed by atoms with E-state index in [9.17, 15) is 0 Å². The quantitative estimate of drug-likeness (QED) is 0.361. The SMILES string of the molecule is CC(C)(C)c1cc(C(C)(C)C)c(C(C)(C)c2ccc(C(C)(C)C)c(C(C)(C)C)c2C(C)(C)C)c(C(C)(C)C)c1. The van der Waals surface area contributed by atoms with E-state index in [4.69, 9.17) is 0 Å². The smallest absolute Gasteiger partial charge is 0.0155 e. The fourth-order valence-corrected chi connectivity index (χ4v) is 6.37. The summed E-state index contributed by atoms with van der Waals surface area (Å²) < 4.78 is 0. The van der Waals surface area contributed by atoms with E-state index in [0.717, 1.165) is 0 Å². The van der Waals surface area contributed by atoms with Crippen LogP contribution in [0.2, 0.25) is 0 Å². The third-order valence-electron chi connectivity index (χ3n) is 8.43. The van der Waals surface area contributed by atoms with Crippen molar-refractivity contribution in [1.29, 1.82) is 0 Å². The fourth-order valence-electron chi connectivity index (χ4n) is 6.37. The Morgan fingerprint density at radius 1 is 0.308 bits per heavy atom. The minimum Gasteiger partial charge on any atom is -0.0579 e. The molecule has 0 nitrogen and oxygen atoms in total. The summed E-state index contributed by atoms with van der Waals surface area (Å²) in [4.78, 5) is 0. The van der Waals surface area contributed by atoms with Gasteiger partial charge >= 0.3 is 0 Å². The van der Waals surface area contributed by atoms with E-state index in [1.165, 1.54) is 44.5 Å². The van der Waals surface area contributed by atoms with Crippen molar-refractivity contribution in [3.8, 4) is 0 Å². The van der Waals surface area contributed by atoms with Crippen molar-refractivity contribution in [2.24, 2.45) is 0 Å². The van der Waals surface area contributed by atoms with E-state index >= 15 is 0 Å². The molecule has 0 amide bonds. The Bertz CT molecular complexity index is 1150. The molecular weight excluding hydrogens is 468 g/mol. The Balaban J connectivity index is 3.29. The number of hydrogen-bond donors (Lipinski definition) is 0. The van der Waals surface area contributed by atoms with Crippen LogP contribution in [0.1, 0.15) is 183 Å². The molecule has 2 aromatic carbocycles. The highest BCUT2D eigenvalue weighted by molar-refractivity contribution is 5.60. The monoisotopic (exact) mass is 533 g/mol. The standard InChI is InChI=1S/C39H64/c1-33(2,3)25-23-28(35(7,8)9)30(29(24-25)36(10,11)12)39(19,20)27-22-21-26(34(4,5)6)31(37(13,14)15)32(27)38(16,17)18/h21-24H,1-20H3. The van der Waals surface area contributed by atoms with Crippen LogP contribution in [0.4, 0.5) is 0 Å². The van der Waals surface area contributed by atoms with Gasteiger partial charge in [-0.2, -0.15) is 0 Å². The Morgan fingerprint density at radius 2 is 0.615 bits per heavy atom. The summed E-state index contributed by atoms with van der Waals surface area (Å²) >= 11 is 0. The second-order valence-electron chi connectivity index (χ2n) is 19.0. The molecule has 0 saturated carbocycles. The molecule has 0 aliphatic heterocycles. The van der Waals surface area contributed by atoms with E-state index < -0.39 is 0 Å². The van der Waals surface area contributed by atoms with Gasteiger partial charge in [0.15, 0.2) is 0 Å². The molecule has 0 aliphatic carbocycles. The van der Waals surface area contributed by atoms with Gasteiger partial charge in [-0.1, -0.05) is 163 Å². The molecule has 0 bridgehead atoms. The first-order valence-corrected chi connectivity index (χ1v) is 15.3. The predicted molar refractivity (Wildman–Crippen MR) is 177 cm³/mol. The topological polar surface area (TPSA) is 0 Å². The largest absolute Gasteiger partial charge is 0.0579 e. The van der Waals surface area contributed by atoms with E-state index in [0.29, 0.717) is 0 Å². The first kappa shape index (κ1) is 33.6. The third kappa shape index (κ3) is 6.85. The molecule has 0 heterocycles. The Kier molecular flexibility index (Phi) is 8.43. The van der Waals surface area contributed by atoms with Crippen molar-refractivity contribution in [3.05, 3.63) is 68.8 Å². The van der Waals surface area contributed by atoms with Crippen LogP contribution in [0.3, 0.4) is 0 Å². The third-order valence-corrected chi connectivity index (χ3v) is 8.43. The van der Waals surface area contributed by atoms with E-state index in [1.807, 2.05) is 0 Å². The van der Waals surface area contributed by atoms with Gasteiger partial charge in [-0.25, -0.2) is 0 Å². The molecule has 0 aromatic heterocycles. The van der Waals surface area contributed by atoms with Gasteiger partial charge in [-0.3, -0.25) is 0 Å². The van der Waals surface area contributed by atoms with Gasteiger partial charge in [0.25, 0.3) is 0 Å². The highest BCUT2D eigenvalue weighted by Crippen LogP contribution is 2.51. The zero-order valence-corrected chi connectivity index (χ0v) is 29.8. The molecule has 0 saturated heterocycles. The second-order valence-corrected chi connectivity index (χ2v) is 19.0. The van der Waals surface area contributed by atoms with E-state index in [1.54, 1.807) is 0 Å². The summed E-state index contributed by atoms with van der Waals surface area (Å²) in [5.74, 6) is 0. The predicted octanol–water partition coefficient (Wildman–Crippen LogP) is 11.8. The maximum Gasteiger partial charge on any atom is 0.0155 e. The summed E-state index contributed by atoms with van der Waals surface area (Å²) in [7, 11) is 0. The molecule has 2 rings (SSSR count). The summed E-state index contributed by atoms with van der Waals surface area (Å²) in [6.45, 7) is 48.0. The van der Waals surface area contributed by atoms with Crippen molar-refractivity contribution < 1.29 is 0 Å². The van der Waals surface area contributed by atoms with Crippen molar-refractivity contribution in [3.63, 3.8) is 0 Å². The molecular formula is C39H64. The fraction of sp³-hybridized carbons (Fsp3) is 0.692. The van der Waals surface area contributed by atoms with Gasteiger partial charge in [0.2, 0.25) is 0 Å². The Morgan fingerprint density at radius 3 is 0.897 bits per heavy atom. The van der Waals surface area contributed by atoms with Crippen LogP contribution in [-0.2, 0) is 37.9 Å². The van der Waals surface area contributed by atoms with Crippen LogP contribution in [0, 0.1) is 0 Å². The van der Waals surface area contributed by atoms with Crippen molar-refractivity contribution in [1.82, 2.24) is 0 Å². The van der Waals surface area contributed by atoms with Gasteiger partial charge < -0.3 is 0 Å². The lowest BCUT2D eigenvalue weighted by Gasteiger charge is -2.44. The molecule has 0 spiro atoms. The van der Waals surface area contributed by atoms with Gasteiger partial charge in [0, 0.05) is 5.41 Å². The lowest BCUT2D eigenvalue weighted by Crippen LogP contribution is -2.36. The summed E-state index contributed by atoms with van der Waals surface area (Å²) in [6.07, 6.45) is 0. The molecule has 39 heavy (non-hydrogen) atoms. The normalized spacial score (nSPS) is 14.7. The van der Waals surface area contributed by atoms with Crippen LogP contribution in [0.15, 0.2) is 24.3 Å². The highest BCUT2D eigenvalue weighted by atomic mass is 14.5. The maximum atomic E-state index is 2.54. The van der Waals surface area contributed by atoms with Crippen LogP contribution in [0.5, 0.6) is 0 Å². The van der Waals surface area contributed by atoms with Crippen molar-refractivity contribution in [2.45, 2.75) is 176 Å². The summed E-state index contributed by atoms with van der Waals surface area (Å²) in [6, 6.07) is 10.0. The molecule has 0 fully saturated rings. The maximum absolute atomic E-state index is 2.54. The first-order valence-electron chi connectivity index (χ1n) is 15.3. The van der Waals surface area contributed by atoms with Gasteiger partial charge in [0.05, 0.1) is 0 Å². The summed E-state index contributed by atoms with van der Waals surface area (Å²) in [5, 5.41) is 0. The number of benzene rings is 2. The molecule has 220 valence electrons. The van der Waals surface area contributed by atoms with Crippen molar-refractivity contribution in [2.75, 3.05) is 0 Å². The minimum absolute atomic E-state index is 0.00557. The molecule has 0 unspecified atom stereocenters. The van der Waals surface area contributed by atoms with Gasteiger partial charge in [-0.15, -0.1) is 0 Å². The van der Waals surface area contributed by atoms with E-state index in [2.05, 4.69) is 163 Å². The average molecular weight is 533 g/mol. The van der Waals surface area contributed by atoms with Crippen LogP contribution >= 0.6 is 0 Å². The minimum atomic E-state index is -0.180. The molecule has 2 aromatic rings. The first-order chi connectivity index (χ1) is 16.9. The molecule has 0 atom stereocenters. The number of rotatable bonds is 2. The highest BCUT2D eigenvalue weighted by Gasteiger charge is 2.41. The van der Waals surface area contributed by atoms with E-state index in [-0.39, 0.29) is 37.9 Å². The van der Waals surface area contributed by atoms with Gasteiger partial charge in [0.1, 0.15) is 0 Å². The molecule has 0 aliphatic rings. The zero-order chi connectivity index (χ0) is 30.9.